The van der Waals surface area contributed by atoms with Gasteiger partial charge in [-0.1, -0.05) is 0 Å². The van der Waals surface area contributed by atoms with Gasteiger partial charge >= 0.3 is 6.09 Å². The molecule has 1 heterocycles. The van der Waals surface area contributed by atoms with Crippen molar-refractivity contribution in [1.29, 1.82) is 0 Å². The maximum absolute atomic E-state index is 11.6. The van der Waals surface area contributed by atoms with Gasteiger partial charge in [0.15, 0.2) is 0 Å². The molecular formula is C14H23BrN2O2S. The number of hydrogen-bond donors (Lipinski definition) is 2. The highest BCUT2D eigenvalue weighted by molar-refractivity contribution is 9.11. The molecule has 2 unspecified atom stereocenters. The molecule has 0 saturated heterocycles. The molecule has 0 fully saturated rings. The van der Waals surface area contributed by atoms with E-state index < -0.39 is 5.60 Å². The molecule has 0 bridgehead atoms. The van der Waals surface area contributed by atoms with Gasteiger partial charge in [0.2, 0.25) is 0 Å². The van der Waals surface area contributed by atoms with Gasteiger partial charge in [0.25, 0.3) is 0 Å². The van der Waals surface area contributed by atoms with Crippen molar-refractivity contribution in [2.45, 2.75) is 52.3 Å². The lowest BCUT2D eigenvalue weighted by molar-refractivity contribution is 0.0508. The standard InChI is InChI=1S/C14H23BrN2O2S/c1-9(17-13(18)19-14(3,4)5)8-16-10(2)11-6-7-12(15)20-11/h6-7,9-10,16H,8H2,1-5H3,(H,17,18). The lowest BCUT2D eigenvalue weighted by Gasteiger charge is -2.23. The van der Waals surface area contributed by atoms with E-state index in [4.69, 9.17) is 4.74 Å². The quantitative estimate of drug-likeness (QED) is 0.829. The number of alkyl carbamates (subject to hydrolysis) is 1. The first-order chi connectivity index (χ1) is 9.17. The molecule has 1 rings (SSSR count). The van der Waals surface area contributed by atoms with Crippen molar-refractivity contribution in [3.8, 4) is 0 Å². The zero-order valence-corrected chi connectivity index (χ0v) is 15.0. The van der Waals surface area contributed by atoms with Crippen LogP contribution in [0.5, 0.6) is 0 Å². The molecule has 0 radical (unpaired) electrons. The molecule has 0 aliphatic heterocycles. The number of nitrogens with one attached hydrogen (secondary N) is 2. The van der Waals surface area contributed by atoms with Crippen LogP contribution in [0.15, 0.2) is 15.9 Å². The van der Waals surface area contributed by atoms with Gasteiger partial charge in [-0.2, -0.15) is 0 Å². The van der Waals surface area contributed by atoms with Crippen LogP contribution < -0.4 is 10.6 Å². The smallest absolute Gasteiger partial charge is 0.407 e. The van der Waals surface area contributed by atoms with Crippen LogP contribution in [0.4, 0.5) is 4.79 Å². The van der Waals surface area contributed by atoms with E-state index in [0.29, 0.717) is 6.54 Å². The molecule has 1 aromatic heterocycles. The predicted octanol–water partition coefficient (Wildman–Crippen LogP) is 4.07. The Hall–Kier alpha value is -0.590. The first kappa shape index (κ1) is 17.5. The van der Waals surface area contributed by atoms with E-state index in [9.17, 15) is 4.79 Å². The summed E-state index contributed by atoms with van der Waals surface area (Å²) in [7, 11) is 0. The van der Waals surface area contributed by atoms with Gasteiger partial charge in [-0.15, -0.1) is 11.3 Å². The van der Waals surface area contributed by atoms with E-state index in [1.54, 1.807) is 11.3 Å². The number of hydrogen-bond acceptors (Lipinski definition) is 4. The molecule has 4 nitrogen and oxygen atoms in total. The SMILES string of the molecule is CC(CNC(C)c1ccc(Br)s1)NC(=O)OC(C)(C)C. The van der Waals surface area contributed by atoms with Gasteiger partial charge in [0.05, 0.1) is 3.79 Å². The number of amides is 1. The van der Waals surface area contributed by atoms with E-state index in [2.05, 4.69) is 39.6 Å². The number of ether oxygens (including phenoxy) is 1. The molecule has 2 atom stereocenters. The van der Waals surface area contributed by atoms with Crippen LogP contribution in [0.2, 0.25) is 0 Å². The summed E-state index contributed by atoms with van der Waals surface area (Å²) in [4.78, 5) is 12.9. The first-order valence-corrected chi connectivity index (χ1v) is 8.26. The Morgan fingerprint density at radius 2 is 2.05 bits per heavy atom. The van der Waals surface area contributed by atoms with Crippen LogP contribution in [0.1, 0.15) is 45.5 Å². The van der Waals surface area contributed by atoms with Crippen LogP contribution in [-0.2, 0) is 4.74 Å². The molecule has 1 amide bonds. The van der Waals surface area contributed by atoms with Gasteiger partial charge in [-0.3, -0.25) is 0 Å². The van der Waals surface area contributed by atoms with E-state index in [0.717, 1.165) is 3.79 Å². The Bertz CT molecular complexity index is 443. The van der Waals surface area contributed by atoms with E-state index >= 15 is 0 Å². The number of thiophene rings is 1. The number of halogens is 1. The van der Waals surface area contributed by atoms with Crippen molar-refractivity contribution < 1.29 is 9.53 Å². The minimum Gasteiger partial charge on any atom is -0.444 e. The van der Waals surface area contributed by atoms with Crippen molar-refractivity contribution in [3.05, 3.63) is 20.8 Å². The van der Waals surface area contributed by atoms with Crippen molar-refractivity contribution in [2.75, 3.05) is 6.54 Å². The van der Waals surface area contributed by atoms with Gasteiger partial charge < -0.3 is 15.4 Å². The Morgan fingerprint density at radius 3 is 2.55 bits per heavy atom. The van der Waals surface area contributed by atoms with E-state index in [1.165, 1.54) is 4.88 Å². The Balaban J connectivity index is 2.32. The number of carbonyl (C=O) groups excluding carboxylic acids is 1. The fraction of sp³-hybridized carbons (Fsp3) is 0.643. The molecule has 6 heteroatoms. The fourth-order valence-electron chi connectivity index (χ4n) is 1.57. The van der Waals surface area contributed by atoms with Gasteiger partial charge in [0, 0.05) is 23.5 Å². The molecular weight excluding hydrogens is 340 g/mol. The molecule has 0 spiro atoms. The highest BCUT2D eigenvalue weighted by Gasteiger charge is 2.18. The second-order valence-corrected chi connectivity index (χ2v) is 8.31. The van der Waals surface area contributed by atoms with Crippen molar-refractivity contribution >= 4 is 33.4 Å². The Kier molecular flexibility index (Phi) is 6.48. The maximum Gasteiger partial charge on any atom is 0.407 e. The van der Waals surface area contributed by atoms with E-state index in [1.807, 2.05) is 33.8 Å². The Morgan fingerprint density at radius 1 is 1.40 bits per heavy atom. The van der Waals surface area contributed by atoms with Gasteiger partial charge in [0.1, 0.15) is 5.60 Å². The van der Waals surface area contributed by atoms with Crippen LogP contribution >= 0.6 is 27.3 Å². The third-order valence-corrected chi connectivity index (χ3v) is 4.32. The highest BCUT2D eigenvalue weighted by Crippen LogP contribution is 2.26. The lowest BCUT2D eigenvalue weighted by atomic mass is 10.2. The average molecular weight is 363 g/mol. The first-order valence-electron chi connectivity index (χ1n) is 6.65. The zero-order chi connectivity index (χ0) is 15.3. The molecule has 20 heavy (non-hydrogen) atoms. The second kappa shape index (κ2) is 7.43. The summed E-state index contributed by atoms with van der Waals surface area (Å²) in [6.07, 6.45) is -0.377. The summed E-state index contributed by atoms with van der Waals surface area (Å²) in [5, 5.41) is 6.22. The molecule has 1 aromatic rings. The van der Waals surface area contributed by atoms with Gasteiger partial charge in [-0.05, 0) is 62.7 Å². The maximum atomic E-state index is 11.6. The monoisotopic (exact) mass is 362 g/mol. The molecule has 0 aliphatic rings. The molecule has 114 valence electrons. The minimum atomic E-state index is -0.465. The van der Waals surface area contributed by atoms with Crippen molar-refractivity contribution in [2.24, 2.45) is 0 Å². The normalized spacial score (nSPS) is 14.7. The summed E-state index contributed by atoms with van der Waals surface area (Å²) in [6, 6.07) is 4.41. The summed E-state index contributed by atoms with van der Waals surface area (Å²) < 4.78 is 6.35. The van der Waals surface area contributed by atoms with Crippen LogP contribution in [-0.4, -0.2) is 24.3 Å². The largest absolute Gasteiger partial charge is 0.444 e. The lowest BCUT2D eigenvalue weighted by Crippen LogP contribution is -2.42. The Labute approximate surface area is 133 Å². The molecule has 0 aromatic carbocycles. The molecule has 2 N–H and O–H groups in total. The zero-order valence-electron chi connectivity index (χ0n) is 12.6. The average Bonchev–Trinajstić information content (AvgIpc) is 2.70. The van der Waals surface area contributed by atoms with Crippen molar-refractivity contribution in [1.82, 2.24) is 10.6 Å². The number of carbonyl (C=O) groups is 1. The van der Waals surface area contributed by atoms with E-state index in [-0.39, 0.29) is 18.2 Å². The summed E-state index contributed by atoms with van der Waals surface area (Å²) in [5.74, 6) is 0. The highest BCUT2D eigenvalue weighted by atomic mass is 79.9. The topological polar surface area (TPSA) is 50.4 Å². The minimum absolute atomic E-state index is 0.00991. The summed E-state index contributed by atoms with van der Waals surface area (Å²) in [6.45, 7) is 10.3. The fourth-order valence-corrected chi connectivity index (χ4v) is 3.03. The van der Waals surface area contributed by atoms with Gasteiger partial charge in [-0.25, -0.2) is 4.79 Å². The molecule has 0 saturated carbocycles. The van der Waals surface area contributed by atoms with Crippen LogP contribution in [0.25, 0.3) is 0 Å². The predicted molar refractivity (Wildman–Crippen MR) is 87.3 cm³/mol. The van der Waals surface area contributed by atoms with Crippen LogP contribution in [0.3, 0.4) is 0 Å². The third-order valence-electron chi connectivity index (χ3n) is 2.51. The second-order valence-electron chi connectivity index (χ2n) is 5.82. The molecule has 0 aliphatic carbocycles. The van der Waals surface area contributed by atoms with Crippen molar-refractivity contribution in [3.63, 3.8) is 0 Å². The summed E-state index contributed by atoms with van der Waals surface area (Å²) in [5.41, 5.74) is -0.465. The third kappa shape index (κ3) is 6.72. The number of rotatable bonds is 5. The van der Waals surface area contributed by atoms with Crippen LogP contribution in [0, 0.1) is 0 Å². The summed E-state index contributed by atoms with van der Waals surface area (Å²) >= 11 is 5.17.